The quantitative estimate of drug-likeness (QED) is 0.887. The van der Waals surface area contributed by atoms with Crippen molar-refractivity contribution in [3.63, 3.8) is 0 Å². The number of likely N-dealkylation sites (tertiary alicyclic amines) is 1. The molecule has 2 amide bonds. The van der Waals surface area contributed by atoms with E-state index in [1.54, 1.807) is 35.4 Å². The van der Waals surface area contributed by atoms with Gasteiger partial charge in [-0.15, -0.1) is 0 Å². The Hall–Kier alpha value is -2.12. The van der Waals surface area contributed by atoms with Gasteiger partial charge in [0.15, 0.2) is 0 Å². The highest BCUT2D eigenvalue weighted by Crippen LogP contribution is 2.24. The summed E-state index contributed by atoms with van der Waals surface area (Å²) in [5, 5.41) is 4.86. The Morgan fingerprint density at radius 1 is 1.28 bits per heavy atom. The molecular weight excluding hydrogens is 362 g/mol. The Morgan fingerprint density at radius 2 is 2.00 bits per heavy atom. The van der Waals surface area contributed by atoms with Gasteiger partial charge in [0, 0.05) is 29.2 Å². The number of nitrogens with zero attached hydrogens (tertiary/aromatic N) is 2. The van der Waals surface area contributed by atoms with E-state index in [1.165, 1.54) is 4.57 Å². The maximum Gasteiger partial charge on any atom is 0.307 e. The van der Waals surface area contributed by atoms with Gasteiger partial charge in [0.05, 0.1) is 11.3 Å². The first-order chi connectivity index (χ1) is 12.0. The number of nitrogens with one attached hydrogen (secondary N) is 1. The summed E-state index contributed by atoms with van der Waals surface area (Å²) in [4.78, 5) is 38.4. The molecule has 1 aromatic carbocycles. The lowest BCUT2D eigenvalue weighted by Crippen LogP contribution is -2.30. The van der Waals surface area contributed by atoms with Gasteiger partial charge in [0.25, 0.3) is 5.91 Å². The number of thiazole rings is 1. The monoisotopic (exact) mass is 379 g/mol. The fourth-order valence-electron chi connectivity index (χ4n) is 2.83. The van der Waals surface area contributed by atoms with Crippen LogP contribution in [0.4, 0.5) is 5.69 Å². The molecule has 0 bridgehead atoms. The summed E-state index contributed by atoms with van der Waals surface area (Å²) in [7, 11) is 0. The summed E-state index contributed by atoms with van der Waals surface area (Å²) in [6.07, 6.45) is 1.97. The van der Waals surface area contributed by atoms with E-state index in [2.05, 4.69) is 5.32 Å². The Morgan fingerprint density at radius 3 is 2.64 bits per heavy atom. The van der Waals surface area contributed by atoms with Crippen LogP contribution in [0.2, 0.25) is 5.02 Å². The molecule has 0 atom stereocenters. The molecule has 1 aromatic heterocycles. The zero-order valence-electron chi connectivity index (χ0n) is 13.8. The minimum Gasteiger partial charge on any atom is -0.339 e. The number of benzene rings is 1. The van der Waals surface area contributed by atoms with E-state index in [0.717, 1.165) is 43.0 Å². The lowest BCUT2D eigenvalue weighted by molar-refractivity contribution is -0.116. The highest BCUT2D eigenvalue weighted by molar-refractivity contribution is 7.07. The Balaban J connectivity index is 1.81. The van der Waals surface area contributed by atoms with Crippen LogP contribution in [0.25, 0.3) is 0 Å². The predicted molar refractivity (Wildman–Crippen MR) is 98.5 cm³/mol. The van der Waals surface area contributed by atoms with Crippen LogP contribution in [0, 0.1) is 6.92 Å². The standard InChI is InChI=1S/C17H18ClN3O3S/c1-11-10-25-17(24)21(11)9-15(22)19-14-8-12(18)4-5-13(14)16(23)20-6-2-3-7-20/h4-5,8,10H,2-3,6-7,9H2,1H3,(H,19,22). The summed E-state index contributed by atoms with van der Waals surface area (Å²) < 4.78 is 1.40. The molecule has 0 saturated carbocycles. The van der Waals surface area contributed by atoms with Crippen molar-refractivity contribution < 1.29 is 9.59 Å². The van der Waals surface area contributed by atoms with Crippen molar-refractivity contribution in [2.45, 2.75) is 26.3 Å². The van der Waals surface area contributed by atoms with Crippen molar-refractivity contribution in [1.29, 1.82) is 0 Å². The molecule has 2 heterocycles. The number of anilines is 1. The zero-order valence-corrected chi connectivity index (χ0v) is 15.3. The maximum atomic E-state index is 12.7. The number of halogens is 1. The zero-order chi connectivity index (χ0) is 18.0. The molecule has 3 rings (SSSR count). The van der Waals surface area contributed by atoms with Crippen molar-refractivity contribution in [1.82, 2.24) is 9.47 Å². The first-order valence-corrected chi connectivity index (χ1v) is 9.25. The average molecular weight is 380 g/mol. The van der Waals surface area contributed by atoms with Gasteiger partial charge in [-0.25, -0.2) is 0 Å². The van der Waals surface area contributed by atoms with E-state index in [1.807, 2.05) is 0 Å². The van der Waals surface area contributed by atoms with Crippen LogP contribution < -0.4 is 10.2 Å². The number of hydrogen-bond donors (Lipinski definition) is 1. The van der Waals surface area contributed by atoms with Gasteiger partial charge in [0.2, 0.25) is 5.91 Å². The van der Waals surface area contributed by atoms with Crippen LogP contribution in [-0.2, 0) is 11.3 Å². The minimum absolute atomic E-state index is 0.0992. The fraction of sp³-hybridized carbons (Fsp3) is 0.353. The molecule has 1 fully saturated rings. The molecule has 2 aromatic rings. The normalized spacial score (nSPS) is 13.9. The Bertz CT molecular complexity index is 868. The van der Waals surface area contributed by atoms with E-state index < -0.39 is 0 Å². The minimum atomic E-state index is -0.374. The van der Waals surface area contributed by atoms with E-state index >= 15 is 0 Å². The van der Waals surface area contributed by atoms with Gasteiger partial charge in [-0.3, -0.25) is 19.0 Å². The molecule has 6 nitrogen and oxygen atoms in total. The molecule has 25 heavy (non-hydrogen) atoms. The van der Waals surface area contributed by atoms with Crippen LogP contribution in [0.15, 0.2) is 28.4 Å². The molecule has 132 valence electrons. The number of rotatable bonds is 4. The lowest BCUT2D eigenvalue weighted by atomic mass is 10.1. The highest BCUT2D eigenvalue weighted by Gasteiger charge is 2.23. The smallest absolute Gasteiger partial charge is 0.307 e. The summed E-state index contributed by atoms with van der Waals surface area (Å²) in [5.41, 5.74) is 1.51. The van der Waals surface area contributed by atoms with Crippen molar-refractivity contribution in [3.05, 3.63) is 49.5 Å². The third-order valence-corrected chi connectivity index (χ3v) is 5.27. The molecule has 0 radical (unpaired) electrons. The second-order valence-corrected chi connectivity index (χ2v) is 7.22. The van der Waals surface area contributed by atoms with E-state index in [-0.39, 0.29) is 23.2 Å². The lowest BCUT2D eigenvalue weighted by Gasteiger charge is -2.18. The van der Waals surface area contributed by atoms with Crippen molar-refractivity contribution in [2.75, 3.05) is 18.4 Å². The van der Waals surface area contributed by atoms with Crippen LogP contribution in [-0.4, -0.2) is 34.4 Å². The van der Waals surface area contributed by atoms with Gasteiger partial charge in [-0.05, 0) is 38.0 Å². The number of hydrogen-bond acceptors (Lipinski definition) is 4. The largest absolute Gasteiger partial charge is 0.339 e. The number of carbonyl (C=O) groups is 2. The average Bonchev–Trinajstić information content (AvgIpc) is 3.20. The molecular formula is C17H18ClN3O3S. The van der Waals surface area contributed by atoms with Gasteiger partial charge in [-0.1, -0.05) is 22.9 Å². The van der Waals surface area contributed by atoms with Crippen molar-refractivity contribution in [3.8, 4) is 0 Å². The molecule has 0 unspecified atom stereocenters. The summed E-state index contributed by atoms with van der Waals surface area (Å²) in [5.74, 6) is -0.491. The van der Waals surface area contributed by atoms with Gasteiger partial charge in [-0.2, -0.15) is 0 Å². The number of carbonyl (C=O) groups excluding carboxylic acids is 2. The third kappa shape index (κ3) is 3.93. The van der Waals surface area contributed by atoms with Crippen LogP contribution in [0.3, 0.4) is 0 Å². The first kappa shape index (κ1) is 17.7. The third-order valence-electron chi connectivity index (χ3n) is 4.16. The van der Waals surface area contributed by atoms with Gasteiger partial charge < -0.3 is 10.2 Å². The first-order valence-electron chi connectivity index (χ1n) is 7.99. The number of aromatic nitrogens is 1. The second kappa shape index (κ2) is 7.41. The van der Waals surface area contributed by atoms with E-state index in [9.17, 15) is 14.4 Å². The molecule has 0 aliphatic carbocycles. The molecule has 1 aliphatic rings. The predicted octanol–water partition coefficient (Wildman–Crippen LogP) is 2.75. The van der Waals surface area contributed by atoms with Gasteiger partial charge >= 0.3 is 4.87 Å². The van der Waals surface area contributed by atoms with Crippen LogP contribution >= 0.6 is 22.9 Å². The molecule has 1 aliphatic heterocycles. The SMILES string of the molecule is Cc1csc(=O)n1CC(=O)Nc1cc(Cl)ccc1C(=O)N1CCCC1. The molecule has 8 heteroatoms. The maximum absolute atomic E-state index is 12.7. The van der Waals surface area contributed by atoms with Gasteiger partial charge in [0.1, 0.15) is 6.54 Å². The topological polar surface area (TPSA) is 71.4 Å². The van der Waals surface area contributed by atoms with E-state index in [4.69, 9.17) is 11.6 Å². The van der Waals surface area contributed by atoms with Crippen molar-refractivity contribution >= 4 is 40.4 Å². The summed E-state index contributed by atoms with van der Waals surface area (Å²) in [6, 6.07) is 4.82. The van der Waals surface area contributed by atoms with E-state index in [0.29, 0.717) is 16.3 Å². The molecule has 1 N–H and O–H groups in total. The van der Waals surface area contributed by atoms with Crippen molar-refractivity contribution in [2.24, 2.45) is 0 Å². The summed E-state index contributed by atoms with van der Waals surface area (Å²) >= 11 is 7.08. The molecule has 0 spiro atoms. The molecule has 1 saturated heterocycles. The Labute approximate surface area is 154 Å². The number of amides is 2. The Kier molecular flexibility index (Phi) is 5.24. The number of aryl methyl sites for hydroxylation is 1. The van der Waals surface area contributed by atoms with Crippen LogP contribution in [0.1, 0.15) is 28.9 Å². The second-order valence-electron chi connectivity index (χ2n) is 5.97. The fourth-order valence-corrected chi connectivity index (χ4v) is 3.73. The van der Waals surface area contributed by atoms with Crippen LogP contribution in [0.5, 0.6) is 0 Å². The summed E-state index contributed by atoms with van der Waals surface area (Å²) in [6.45, 7) is 3.11. The highest BCUT2D eigenvalue weighted by atomic mass is 35.5.